The van der Waals surface area contributed by atoms with Crippen LogP contribution in [0.2, 0.25) is 0 Å². The highest BCUT2D eigenvalue weighted by atomic mass is 32.2. The van der Waals surface area contributed by atoms with E-state index in [0.717, 1.165) is 30.5 Å². The third kappa shape index (κ3) is 15.4. The monoisotopic (exact) mass is 1040 g/mol. The number of Topliss-reactive ketones (excluding diaryl/α,β-unsaturated/α-hetero) is 1. The highest BCUT2D eigenvalue weighted by Crippen LogP contribution is 2.35. The molecule has 21 nitrogen and oxygen atoms in total. The molecule has 5 heterocycles. The number of nitrogens with one attached hydrogen (secondary N) is 4. The molecule has 2 amide bonds. The van der Waals surface area contributed by atoms with Crippen LogP contribution in [0.4, 0.5) is 9.59 Å². The number of aliphatic hydroxyl groups is 2. The SMILES string of the molecule is CC(=O)c1c(O)[nH]c2ccc(S(=O)(=O)N(CC(C)C)C[C@@H](O)[C@H](Cc3ccccc3)NC(=O)O[C@H]3COC4OCCC43)cc12.CCCNC[C@@H](O)[C@H](Cc1ccccc1)NC(=O)O[C@H]1COC2OCCC21.O.O. The van der Waals surface area contributed by atoms with Crippen LogP contribution in [0.15, 0.2) is 83.8 Å². The largest absolute Gasteiger partial charge is 0.494 e. The number of aliphatic hydroxyl groups excluding tert-OH is 2. The summed E-state index contributed by atoms with van der Waals surface area (Å²) in [5.74, 6) is -0.815. The van der Waals surface area contributed by atoms with Crippen molar-refractivity contribution in [2.45, 2.75) is 114 Å². The minimum absolute atomic E-state index is 0. The van der Waals surface area contributed by atoms with Gasteiger partial charge in [0.05, 0.1) is 73.0 Å². The van der Waals surface area contributed by atoms with Gasteiger partial charge in [0.2, 0.25) is 15.9 Å². The lowest BCUT2D eigenvalue weighted by Gasteiger charge is -2.31. The average molecular weight is 1040 g/mol. The van der Waals surface area contributed by atoms with Gasteiger partial charge in [-0.25, -0.2) is 18.0 Å². The summed E-state index contributed by atoms with van der Waals surface area (Å²) >= 11 is 0. The number of alkyl carbamates (subject to hydrolysis) is 2. The van der Waals surface area contributed by atoms with E-state index in [4.69, 9.17) is 28.4 Å². The van der Waals surface area contributed by atoms with Crippen LogP contribution in [-0.2, 0) is 51.3 Å². The molecule has 4 aliphatic heterocycles. The number of fused-ring (bicyclic) bond motifs is 3. The number of hydrogen-bond acceptors (Lipinski definition) is 15. The highest BCUT2D eigenvalue weighted by Gasteiger charge is 2.45. The lowest BCUT2D eigenvalue weighted by Crippen LogP contribution is -2.51. The average Bonchev–Trinajstić information content (AvgIpc) is 4.19. The van der Waals surface area contributed by atoms with Gasteiger partial charge >= 0.3 is 12.2 Å². The summed E-state index contributed by atoms with van der Waals surface area (Å²) < 4.78 is 62.5. The van der Waals surface area contributed by atoms with Gasteiger partial charge in [-0.2, -0.15) is 4.31 Å². The van der Waals surface area contributed by atoms with Gasteiger partial charge in [0.25, 0.3) is 0 Å². The fourth-order valence-corrected chi connectivity index (χ4v) is 11.1. The Balaban J connectivity index is 0.000000293. The number of aromatic nitrogens is 1. The zero-order chi connectivity index (χ0) is 50.7. The van der Waals surface area contributed by atoms with Crippen molar-refractivity contribution in [3.8, 4) is 5.88 Å². The molecule has 1 aromatic heterocycles. The van der Waals surface area contributed by atoms with E-state index < -0.39 is 64.7 Å². The maximum Gasteiger partial charge on any atom is 0.407 e. The van der Waals surface area contributed by atoms with Crippen LogP contribution < -0.4 is 16.0 Å². The molecule has 4 aliphatic rings. The predicted octanol–water partition coefficient (Wildman–Crippen LogP) is 2.98. The van der Waals surface area contributed by atoms with Crippen LogP contribution in [0.3, 0.4) is 0 Å². The summed E-state index contributed by atoms with van der Waals surface area (Å²) in [7, 11) is -4.19. The Morgan fingerprint density at radius 2 is 1.29 bits per heavy atom. The molecule has 404 valence electrons. The van der Waals surface area contributed by atoms with E-state index in [1.54, 1.807) is 0 Å². The Kier molecular flexibility index (Phi) is 22.0. The van der Waals surface area contributed by atoms with Crippen molar-refractivity contribution in [3.63, 3.8) is 0 Å². The number of aromatic amines is 1. The second-order valence-electron chi connectivity index (χ2n) is 19.0. The van der Waals surface area contributed by atoms with Gasteiger partial charge in [-0.1, -0.05) is 81.4 Å². The first-order valence-corrected chi connectivity index (χ1v) is 26.0. The van der Waals surface area contributed by atoms with E-state index in [-0.39, 0.29) is 88.9 Å². The Bertz CT molecular complexity index is 2480. The number of carbonyl (C=O) groups excluding carboxylic acids is 3. The predicted molar refractivity (Wildman–Crippen MR) is 268 cm³/mol. The number of rotatable bonds is 21. The van der Waals surface area contributed by atoms with E-state index in [2.05, 4.69) is 27.9 Å². The second-order valence-corrected chi connectivity index (χ2v) is 20.9. The molecule has 10 atom stereocenters. The summed E-state index contributed by atoms with van der Waals surface area (Å²) in [6.07, 6.45) is -1.45. The van der Waals surface area contributed by atoms with Crippen LogP contribution >= 0.6 is 0 Å². The van der Waals surface area contributed by atoms with Crippen molar-refractivity contribution in [1.82, 2.24) is 25.2 Å². The molecule has 4 aromatic rings. The normalized spacial score (nSPS) is 22.7. The smallest absolute Gasteiger partial charge is 0.407 e. The fourth-order valence-electron chi connectivity index (χ4n) is 9.45. The fraction of sp³-hybridized carbons (Fsp3) is 0.549. The Morgan fingerprint density at radius 3 is 1.78 bits per heavy atom. The summed E-state index contributed by atoms with van der Waals surface area (Å²) in [6, 6.07) is 21.9. The van der Waals surface area contributed by atoms with Crippen molar-refractivity contribution < 1.29 is 77.5 Å². The molecule has 3 aromatic carbocycles. The standard InChI is InChI=1S/C31H39N3O9S.C20H30N2O5.2H2O/c1-18(2)15-34(44(39,40)21-9-10-24-23(14-21)28(19(3)35)29(37)32-24)16-26(36)25(13-20-7-5-4-6-8-20)33-31(38)43-27-17-42-30-22(27)11-12-41-30;1-2-9-21-12-17(23)16(11-14-6-4-3-5-7-14)22-20(24)27-18-13-26-19-15(18)8-10-25-19;;/h4-10,14,18,22,25-27,30,32,36-37H,11-13,15-17H2,1-3H3,(H,33,38);3-7,15-19,21,23H,2,8-13H2,1H3,(H,22,24);2*1H2/t22?,25-,26+,27-,30?;15?,16-,17+,18-,19?;;/m00../s1. The summed E-state index contributed by atoms with van der Waals surface area (Å²) in [5.41, 5.74) is 2.29. The number of aromatic hydroxyl groups is 1. The lowest BCUT2D eigenvalue weighted by molar-refractivity contribution is -0.0909. The number of H-pyrrole nitrogens is 1. The van der Waals surface area contributed by atoms with E-state index in [0.29, 0.717) is 44.7 Å². The maximum atomic E-state index is 14.0. The Morgan fingerprint density at radius 1 is 0.767 bits per heavy atom. The van der Waals surface area contributed by atoms with Gasteiger partial charge < -0.3 is 75.6 Å². The molecule has 0 radical (unpaired) electrons. The first-order chi connectivity index (χ1) is 34.1. The summed E-state index contributed by atoms with van der Waals surface area (Å²) in [6.45, 7) is 9.80. The molecule has 0 bridgehead atoms. The number of carbonyl (C=O) groups is 3. The molecule has 8 rings (SSSR count). The molecule has 4 saturated heterocycles. The van der Waals surface area contributed by atoms with Crippen molar-refractivity contribution in [2.24, 2.45) is 17.8 Å². The van der Waals surface area contributed by atoms with Crippen LogP contribution in [-0.4, -0.2) is 164 Å². The number of sulfonamides is 1. The van der Waals surface area contributed by atoms with Gasteiger partial charge in [-0.05, 0) is 80.8 Å². The van der Waals surface area contributed by atoms with E-state index in [1.165, 1.54) is 29.4 Å². The van der Waals surface area contributed by atoms with E-state index >= 15 is 0 Å². The molecular formula is C51H73N5O16S. The molecule has 0 saturated carbocycles. The van der Waals surface area contributed by atoms with Gasteiger partial charge in [-0.15, -0.1) is 0 Å². The van der Waals surface area contributed by atoms with Crippen molar-refractivity contribution >= 4 is 38.9 Å². The van der Waals surface area contributed by atoms with Crippen molar-refractivity contribution in [2.75, 3.05) is 52.6 Å². The van der Waals surface area contributed by atoms with Gasteiger partial charge in [0, 0.05) is 30.5 Å². The molecule has 4 unspecified atom stereocenters. The quantitative estimate of drug-likeness (QED) is 0.0466. The zero-order valence-corrected chi connectivity index (χ0v) is 42.6. The Labute approximate surface area is 425 Å². The van der Waals surface area contributed by atoms with Crippen LogP contribution in [0.25, 0.3) is 10.9 Å². The third-order valence-corrected chi connectivity index (χ3v) is 14.9. The molecule has 4 fully saturated rings. The summed E-state index contributed by atoms with van der Waals surface area (Å²) in [4.78, 5) is 40.3. The van der Waals surface area contributed by atoms with Crippen molar-refractivity contribution in [1.29, 1.82) is 0 Å². The number of ether oxygens (including phenoxy) is 6. The highest BCUT2D eigenvalue weighted by molar-refractivity contribution is 7.89. The third-order valence-electron chi connectivity index (χ3n) is 13.1. The zero-order valence-electron chi connectivity index (χ0n) is 41.7. The molecule has 0 spiro atoms. The molecule has 22 heteroatoms. The molecule has 11 N–H and O–H groups in total. The second kappa shape index (κ2) is 27.3. The van der Waals surface area contributed by atoms with Gasteiger partial charge in [-0.3, -0.25) is 4.79 Å². The minimum atomic E-state index is -4.19. The Hall–Kier alpha value is -5.24. The number of ketones is 1. The first kappa shape index (κ1) is 58.6. The van der Waals surface area contributed by atoms with Crippen LogP contribution in [0, 0.1) is 17.8 Å². The van der Waals surface area contributed by atoms with Crippen LogP contribution in [0.1, 0.15) is 68.4 Å². The molecule has 0 aliphatic carbocycles. The van der Waals surface area contributed by atoms with Gasteiger partial charge in [0.1, 0.15) is 12.2 Å². The number of nitrogens with zero attached hydrogens (tertiary/aromatic N) is 1. The number of hydrogen-bond donors (Lipinski definition) is 7. The topological polar surface area (TPSA) is 320 Å². The first-order valence-electron chi connectivity index (χ1n) is 24.5. The maximum absolute atomic E-state index is 14.0. The molecular weight excluding hydrogens is 971 g/mol. The van der Waals surface area contributed by atoms with Gasteiger partial charge in [0.15, 0.2) is 18.4 Å². The van der Waals surface area contributed by atoms with Crippen LogP contribution in [0.5, 0.6) is 5.88 Å². The minimum Gasteiger partial charge on any atom is -0.494 e. The van der Waals surface area contributed by atoms with Crippen molar-refractivity contribution in [3.05, 3.63) is 95.6 Å². The van der Waals surface area contributed by atoms with E-state index in [1.807, 2.05) is 74.5 Å². The van der Waals surface area contributed by atoms with E-state index in [9.17, 15) is 38.1 Å². The lowest BCUT2D eigenvalue weighted by atomic mass is 10.0. The molecule has 73 heavy (non-hydrogen) atoms. The number of benzene rings is 3. The number of amides is 2. The summed E-state index contributed by atoms with van der Waals surface area (Å²) in [5, 5.41) is 41.4.